The second kappa shape index (κ2) is 3.22. The van der Waals surface area contributed by atoms with E-state index in [1.807, 2.05) is 18.2 Å². The first kappa shape index (κ1) is 10.1. The van der Waals surface area contributed by atoms with Crippen molar-refractivity contribution in [3.63, 3.8) is 0 Å². The summed E-state index contributed by atoms with van der Waals surface area (Å²) in [4.78, 5) is 2.35. The standard InChI is InChI=1S/C13H18N2O/c1-15-6-10-11(7-15)13(10,8-14)9-4-2-3-5-12(9)16/h2-5,10-11,16H,6-8,14H2,1H3. The van der Waals surface area contributed by atoms with Crippen LogP contribution >= 0.6 is 0 Å². The average Bonchev–Trinajstić information content (AvgIpc) is 2.66. The first-order valence-corrected chi connectivity index (χ1v) is 5.87. The van der Waals surface area contributed by atoms with Gasteiger partial charge in [0.05, 0.1) is 0 Å². The van der Waals surface area contributed by atoms with Gasteiger partial charge in [-0.25, -0.2) is 0 Å². The number of hydrogen-bond acceptors (Lipinski definition) is 3. The Morgan fingerprint density at radius 2 is 2.00 bits per heavy atom. The van der Waals surface area contributed by atoms with Crippen molar-refractivity contribution in [1.82, 2.24) is 4.90 Å². The Kier molecular flexibility index (Phi) is 2.03. The van der Waals surface area contributed by atoms with E-state index in [4.69, 9.17) is 5.73 Å². The number of aromatic hydroxyl groups is 1. The van der Waals surface area contributed by atoms with Crippen LogP contribution in [0.4, 0.5) is 0 Å². The first-order chi connectivity index (χ1) is 7.70. The molecule has 0 aromatic heterocycles. The summed E-state index contributed by atoms with van der Waals surface area (Å²) in [5.41, 5.74) is 7.09. The van der Waals surface area contributed by atoms with E-state index in [0.717, 1.165) is 18.7 Å². The van der Waals surface area contributed by atoms with Gasteiger partial charge >= 0.3 is 0 Å². The second-order valence-electron chi connectivity index (χ2n) is 5.20. The normalized spacial score (nSPS) is 37.4. The van der Waals surface area contributed by atoms with Gasteiger partial charge in [-0.1, -0.05) is 18.2 Å². The maximum Gasteiger partial charge on any atom is 0.119 e. The van der Waals surface area contributed by atoms with E-state index >= 15 is 0 Å². The molecule has 2 atom stereocenters. The zero-order valence-electron chi connectivity index (χ0n) is 9.56. The Morgan fingerprint density at radius 1 is 1.38 bits per heavy atom. The summed E-state index contributed by atoms with van der Waals surface area (Å²) in [6, 6.07) is 7.66. The van der Waals surface area contributed by atoms with Gasteiger partial charge in [0.2, 0.25) is 0 Å². The SMILES string of the molecule is CN1CC2C(C1)C2(CN)c1ccccc1O. The summed E-state index contributed by atoms with van der Waals surface area (Å²) >= 11 is 0. The fourth-order valence-corrected chi connectivity index (χ4v) is 3.61. The fraction of sp³-hybridized carbons (Fsp3) is 0.538. The molecule has 1 aromatic rings. The van der Waals surface area contributed by atoms with Crippen LogP contribution in [-0.2, 0) is 5.41 Å². The van der Waals surface area contributed by atoms with Crippen LogP contribution in [0.15, 0.2) is 24.3 Å². The van der Waals surface area contributed by atoms with Crippen LogP contribution in [0.2, 0.25) is 0 Å². The fourth-order valence-electron chi connectivity index (χ4n) is 3.61. The molecule has 0 amide bonds. The molecule has 1 heterocycles. The van der Waals surface area contributed by atoms with Crippen LogP contribution in [0.1, 0.15) is 5.56 Å². The topological polar surface area (TPSA) is 49.5 Å². The minimum atomic E-state index is 0.0534. The van der Waals surface area contributed by atoms with Crippen molar-refractivity contribution >= 4 is 0 Å². The van der Waals surface area contributed by atoms with E-state index in [1.54, 1.807) is 6.07 Å². The van der Waals surface area contributed by atoms with Crippen LogP contribution in [0.5, 0.6) is 5.75 Å². The molecule has 3 rings (SSSR count). The molecule has 16 heavy (non-hydrogen) atoms. The number of nitrogens with two attached hydrogens (primary N) is 1. The number of phenols is 1. The van der Waals surface area contributed by atoms with Crippen LogP contribution in [-0.4, -0.2) is 36.7 Å². The molecule has 1 saturated heterocycles. The maximum atomic E-state index is 9.97. The molecule has 0 spiro atoms. The van der Waals surface area contributed by atoms with Gasteiger partial charge in [-0.05, 0) is 24.9 Å². The lowest BCUT2D eigenvalue weighted by Gasteiger charge is -2.24. The predicted octanol–water partition coefficient (Wildman–Crippen LogP) is 0.780. The third-order valence-electron chi connectivity index (χ3n) is 4.46. The van der Waals surface area contributed by atoms with Gasteiger partial charge < -0.3 is 15.7 Å². The number of para-hydroxylation sites is 1. The minimum Gasteiger partial charge on any atom is -0.508 e. The number of rotatable bonds is 2. The van der Waals surface area contributed by atoms with E-state index in [2.05, 4.69) is 11.9 Å². The highest BCUT2D eigenvalue weighted by Gasteiger charge is 2.67. The molecule has 1 aromatic carbocycles. The van der Waals surface area contributed by atoms with E-state index in [-0.39, 0.29) is 5.41 Å². The van der Waals surface area contributed by atoms with Crippen LogP contribution < -0.4 is 5.73 Å². The molecule has 2 fully saturated rings. The number of likely N-dealkylation sites (tertiary alicyclic amines) is 1. The summed E-state index contributed by atoms with van der Waals surface area (Å²) in [6.45, 7) is 2.86. The van der Waals surface area contributed by atoms with E-state index in [0.29, 0.717) is 24.1 Å². The van der Waals surface area contributed by atoms with Gasteiger partial charge in [-0.3, -0.25) is 0 Å². The summed E-state index contributed by atoms with van der Waals surface area (Å²) in [6.07, 6.45) is 0. The highest BCUT2D eigenvalue weighted by Crippen LogP contribution is 2.64. The third kappa shape index (κ3) is 1.10. The predicted molar refractivity (Wildman–Crippen MR) is 63.3 cm³/mol. The minimum absolute atomic E-state index is 0.0534. The zero-order valence-corrected chi connectivity index (χ0v) is 9.56. The molecule has 3 heteroatoms. The molecule has 0 radical (unpaired) electrons. The zero-order chi connectivity index (χ0) is 11.3. The molecule has 0 bridgehead atoms. The molecule has 1 saturated carbocycles. The molecular weight excluding hydrogens is 200 g/mol. The van der Waals surface area contributed by atoms with E-state index in [9.17, 15) is 5.11 Å². The lowest BCUT2D eigenvalue weighted by atomic mass is 9.89. The monoisotopic (exact) mass is 218 g/mol. The van der Waals surface area contributed by atoms with Crippen molar-refractivity contribution in [3.05, 3.63) is 29.8 Å². The lowest BCUT2D eigenvalue weighted by molar-refractivity contribution is 0.322. The second-order valence-corrected chi connectivity index (χ2v) is 5.20. The summed E-state index contributed by atoms with van der Waals surface area (Å²) in [7, 11) is 2.15. The molecule has 1 aliphatic heterocycles. The van der Waals surface area contributed by atoms with Crippen molar-refractivity contribution in [3.8, 4) is 5.75 Å². The Bertz CT molecular complexity index is 406. The molecule has 3 N–H and O–H groups in total. The third-order valence-corrected chi connectivity index (χ3v) is 4.46. The summed E-state index contributed by atoms with van der Waals surface area (Å²) in [5.74, 6) is 1.68. The maximum absolute atomic E-state index is 9.97. The van der Waals surface area contributed by atoms with Crippen molar-refractivity contribution in [1.29, 1.82) is 0 Å². The highest BCUT2D eigenvalue weighted by molar-refractivity contribution is 5.47. The summed E-state index contributed by atoms with van der Waals surface area (Å²) < 4.78 is 0. The molecule has 2 aliphatic rings. The molecule has 3 nitrogen and oxygen atoms in total. The van der Waals surface area contributed by atoms with Gasteiger partial charge in [0, 0.05) is 30.6 Å². The Labute approximate surface area is 95.9 Å². The first-order valence-electron chi connectivity index (χ1n) is 5.87. The lowest BCUT2D eigenvalue weighted by Crippen LogP contribution is -2.33. The van der Waals surface area contributed by atoms with Crippen molar-refractivity contribution < 1.29 is 5.11 Å². The van der Waals surface area contributed by atoms with Crippen LogP contribution in [0, 0.1) is 11.8 Å². The average molecular weight is 218 g/mol. The Morgan fingerprint density at radius 3 is 2.56 bits per heavy atom. The Balaban J connectivity index is 1.98. The van der Waals surface area contributed by atoms with Crippen molar-refractivity contribution in [2.24, 2.45) is 17.6 Å². The quantitative estimate of drug-likeness (QED) is 0.771. The smallest absolute Gasteiger partial charge is 0.119 e. The number of fused-ring (bicyclic) bond motifs is 1. The van der Waals surface area contributed by atoms with E-state index in [1.165, 1.54) is 0 Å². The highest BCUT2D eigenvalue weighted by atomic mass is 16.3. The van der Waals surface area contributed by atoms with Gasteiger partial charge in [0.1, 0.15) is 5.75 Å². The van der Waals surface area contributed by atoms with Crippen LogP contribution in [0.25, 0.3) is 0 Å². The number of nitrogens with zero attached hydrogens (tertiary/aromatic N) is 1. The molecular formula is C13H18N2O. The van der Waals surface area contributed by atoms with Crippen molar-refractivity contribution in [2.45, 2.75) is 5.41 Å². The number of benzene rings is 1. The van der Waals surface area contributed by atoms with Gasteiger partial charge in [-0.2, -0.15) is 0 Å². The van der Waals surface area contributed by atoms with Gasteiger partial charge in [0.25, 0.3) is 0 Å². The number of piperidine rings is 1. The number of hydrogen-bond donors (Lipinski definition) is 2. The molecule has 86 valence electrons. The van der Waals surface area contributed by atoms with E-state index < -0.39 is 0 Å². The Hall–Kier alpha value is -1.06. The van der Waals surface area contributed by atoms with Crippen molar-refractivity contribution in [2.75, 3.05) is 26.7 Å². The summed E-state index contributed by atoms with van der Waals surface area (Å²) in [5, 5.41) is 9.97. The molecule has 2 unspecified atom stereocenters. The largest absolute Gasteiger partial charge is 0.508 e. The number of phenolic OH excluding ortho intramolecular Hbond substituents is 1. The van der Waals surface area contributed by atoms with Crippen LogP contribution in [0.3, 0.4) is 0 Å². The van der Waals surface area contributed by atoms with Gasteiger partial charge in [-0.15, -0.1) is 0 Å². The van der Waals surface area contributed by atoms with Gasteiger partial charge in [0.15, 0.2) is 0 Å². The molecule has 1 aliphatic carbocycles.